The van der Waals surface area contributed by atoms with Crippen LogP contribution in [0.25, 0.3) is 9.88 Å². The maximum Gasteiger partial charge on any atom is 0.272 e. The molecule has 0 unspecified atom stereocenters. The Morgan fingerprint density at radius 1 is 1.29 bits per heavy atom. The Bertz CT molecular complexity index is 1010. The Balaban J connectivity index is 1.41. The molecule has 11 heteroatoms. The van der Waals surface area contributed by atoms with Crippen molar-refractivity contribution in [3.05, 3.63) is 45.5 Å². The number of thiophene rings is 1. The van der Waals surface area contributed by atoms with Crippen molar-refractivity contribution < 1.29 is 4.79 Å². The quantitative estimate of drug-likeness (QED) is 0.658. The van der Waals surface area contributed by atoms with Crippen LogP contribution in [-0.4, -0.2) is 63.4 Å². The highest BCUT2D eigenvalue weighted by atomic mass is 32.2. The molecule has 0 saturated carbocycles. The first-order valence-electron chi connectivity index (χ1n) is 8.65. The van der Waals surface area contributed by atoms with Gasteiger partial charge in [0.15, 0.2) is 5.01 Å². The first kappa shape index (κ1) is 19.1. The molecule has 3 aromatic heterocycles. The van der Waals surface area contributed by atoms with Gasteiger partial charge in [0.05, 0.1) is 10.6 Å². The fraction of sp³-hybridized carbons (Fsp3) is 0.353. The predicted octanol–water partition coefficient (Wildman–Crippen LogP) is 2.18. The van der Waals surface area contributed by atoms with Gasteiger partial charge in [-0.1, -0.05) is 17.4 Å². The second-order valence-corrected chi connectivity index (χ2v) is 8.93. The highest BCUT2D eigenvalue weighted by Gasteiger charge is 2.25. The zero-order valence-electron chi connectivity index (χ0n) is 15.1. The molecule has 0 spiro atoms. The van der Waals surface area contributed by atoms with E-state index in [1.807, 2.05) is 23.8 Å². The van der Waals surface area contributed by atoms with Crippen molar-refractivity contribution in [2.24, 2.45) is 0 Å². The van der Waals surface area contributed by atoms with Crippen LogP contribution in [0.15, 0.2) is 28.4 Å². The number of hydrogen-bond acceptors (Lipinski definition) is 9. The minimum atomic E-state index is -0.295. The van der Waals surface area contributed by atoms with E-state index in [0.29, 0.717) is 37.8 Å². The number of rotatable bonds is 5. The van der Waals surface area contributed by atoms with Crippen LogP contribution in [0, 0.1) is 0 Å². The van der Waals surface area contributed by atoms with Gasteiger partial charge in [-0.3, -0.25) is 9.59 Å². The van der Waals surface area contributed by atoms with Crippen LogP contribution in [-0.2, 0) is 5.75 Å². The van der Waals surface area contributed by atoms with Gasteiger partial charge in [0.2, 0.25) is 5.13 Å². The molecule has 1 aliphatic heterocycles. The number of carbonyl (C=O) groups excluding carboxylic acids is 1. The van der Waals surface area contributed by atoms with Crippen LogP contribution in [0.3, 0.4) is 0 Å². The molecule has 1 aliphatic rings. The Morgan fingerprint density at radius 2 is 2.11 bits per heavy atom. The lowest BCUT2D eigenvalue weighted by Gasteiger charge is -2.34. The second-order valence-electron chi connectivity index (χ2n) is 6.16. The van der Waals surface area contributed by atoms with E-state index >= 15 is 0 Å². The van der Waals surface area contributed by atoms with E-state index in [2.05, 4.69) is 25.1 Å². The van der Waals surface area contributed by atoms with Gasteiger partial charge >= 0.3 is 0 Å². The minimum absolute atomic E-state index is 0.204. The van der Waals surface area contributed by atoms with Gasteiger partial charge in [0, 0.05) is 32.2 Å². The summed E-state index contributed by atoms with van der Waals surface area (Å²) in [6.45, 7) is 2.45. The molecule has 1 fully saturated rings. The van der Waals surface area contributed by atoms with Gasteiger partial charge in [-0.2, -0.15) is 11.8 Å². The predicted molar refractivity (Wildman–Crippen MR) is 113 cm³/mol. The third kappa shape index (κ3) is 4.10. The molecular formula is C17H18N6O2S3. The number of H-pyrrole nitrogens is 1. The van der Waals surface area contributed by atoms with Crippen LogP contribution in [0.5, 0.6) is 0 Å². The van der Waals surface area contributed by atoms with E-state index in [0.717, 1.165) is 15.0 Å². The summed E-state index contributed by atoms with van der Waals surface area (Å²) in [4.78, 5) is 36.6. The molecular weight excluding hydrogens is 416 g/mol. The molecule has 0 aliphatic carbocycles. The molecule has 0 atom stereocenters. The van der Waals surface area contributed by atoms with Gasteiger partial charge in [-0.15, -0.1) is 21.5 Å². The molecule has 1 N–H and O–H groups in total. The molecule has 3 aromatic rings. The van der Waals surface area contributed by atoms with E-state index in [1.165, 1.54) is 6.07 Å². The van der Waals surface area contributed by atoms with Crippen LogP contribution < -0.4 is 10.5 Å². The Morgan fingerprint density at radius 3 is 2.82 bits per heavy atom. The van der Waals surface area contributed by atoms with Crippen molar-refractivity contribution in [2.45, 2.75) is 5.75 Å². The van der Waals surface area contributed by atoms with Crippen LogP contribution in [0.1, 0.15) is 16.3 Å². The molecule has 0 aromatic carbocycles. The zero-order chi connectivity index (χ0) is 19.5. The number of nitrogens with one attached hydrogen (secondary N) is 1. The smallest absolute Gasteiger partial charge is 0.272 e. The van der Waals surface area contributed by atoms with Gasteiger partial charge in [0.1, 0.15) is 11.5 Å². The van der Waals surface area contributed by atoms with Crippen molar-refractivity contribution in [2.75, 3.05) is 37.3 Å². The van der Waals surface area contributed by atoms with Crippen molar-refractivity contribution in [3.8, 4) is 9.88 Å². The molecule has 28 heavy (non-hydrogen) atoms. The van der Waals surface area contributed by atoms with Gasteiger partial charge in [0.25, 0.3) is 11.5 Å². The topological polar surface area (TPSA) is 95.1 Å². The fourth-order valence-corrected chi connectivity index (χ4v) is 5.03. The van der Waals surface area contributed by atoms with Crippen LogP contribution in [0.4, 0.5) is 5.13 Å². The maximum absolute atomic E-state index is 12.8. The maximum atomic E-state index is 12.8. The van der Waals surface area contributed by atoms with Gasteiger partial charge < -0.3 is 14.8 Å². The van der Waals surface area contributed by atoms with Crippen molar-refractivity contribution in [3.63, 3.8) is 0 Å². The molecule has 0 radical (unpaired) electrons. The first-order valence-corrected chi connectivity index (χ1v) is 11.7. The molecule has 1 saturated heterocycles. The summed E-state index contributed by atoms with van der Waals surface area (Å²) in [6, 6.07) is 5.31. The van der Waals surface area contributed by atoms with Crippen molar-refractivity contribution in [1.82, 2.24) is 25.1 Å². The Labute approximate surface area is 173 Å². The lowest BCUT2D eigenvalue weighted by molar-refractivity contribution is 0.0740. The summed E-state index contributed by atoms with van der Waals surface area (Å²) in [5.74, 6) is 0.884. The average Bonchev–Trinajstić information content (AvgIpc) is 3.39. The Kier molecular flexibility index (Phi) is 5.74. The summed E-state index contributed by atoms with van der Waals surface area (Å²) in [7, 11) is 0. The van der Waals surface area contributed by atoms with E-state index in [9.17, 15) is 9.59 Å². The normalized spacial score (nSPS) is 14.5. The average molecular weight is 435 g/mol. The summed E-state index contributed by atoms with van der Waals surface area (Å²) in [5.41, 5.74) is -0.0897. The summed E-state index contributed by atoms with van der Waals surface area (Å²) < 4.78 is 0. The number of anilines is 1. The van der Waals surface area contributed by atoms with E-state index in [1.54, 1.807) is 39.3 Å². The molecule has 8 nitrogen and oxygen atoms in total. The highest BCUT2D eigenvalue weighted by Crippen LogP contribution is 2.31. The second kappa shape index (κ2) is 8.41. The zero-order valence-corrected chi connectivity index (χ0v) is 17.6. The van der Waals surface area contributed by atoms with Crippen LogP contribution >= 0.6 is 34.4 Å². The van der Waals surface area contributed by atoms with E-state index in [4.69, 9.17) is 0 Å². The van der Waals surface area contributed by atoms with E-state index < -0.39 is 0 Å². The molecule has 4 heterocycles. The van der Waals surface area contributed by atoms with E-state index in [-0.39, 0.29) is 17.2 Å². The number of thioether (sulfide) groups is 1. The van der Waals surface area contributed by atoms with Gasteiger partial charge in [-0.05, 0) is 17.7 Å². The molecule has 146 valence electrons. The number of aromatic nitrogens is 4. The lowest BCUT2D eigenvalue weighted by Crippen LogP contribution is -2.49. The highest BCUT2D eigenvalue weighted by molar-refractivity contribution is 7.97. The van der Waals surface area contributed by atoms with Crippen molar-refractivity contribution in [1.29, 1.82) is 0 Å². The van der Waals surface area contributed by atoms with Crippen LogP contribution in [0.2, 0.25) is 0 Å². The number of carbonyl (C=O) groups is 1. The number of hydrogen-bond donors (Lipinski definition) is 1. The standard InChI is InChI=1S/C17H18N6O2S3/c1-26-10-13-18-11(9-14(24)19-13)16(25)22-4-6-23(7-5-22)17-21-20-15(28-17)12-3-2-8-27-12/h2-3,8-9H,4-7,10H2,1H3,(H,18,19,24). The fourth-order valence-electron chi connectivity index (χ4n) is 2.93. The summed E-state index contributed by atoms with van der Waals surface area (Å²) in [6.07, 6.45) is 1.92. The number of piperazine rings is 1. The first-order chi connectivity index (χ1) is 13.6. The number of aromatic amines is 1. The number of nitrogens with zero attached hydrogens (tertiary/aromatic N) is 5. The third-order valence-corrected chi connectivity index (χ3v) is 6.86. The minimum Gasteiger partial charge on any atom is -0.343 e. The third-order valence-electron chi connectivity index (χ3n) is 4.27. The monoisotopic (exact) mass is 434 g/mol. The van der Waals surface area contributed by atoms with Crippen molar-refractivity contribution >= 4 is 45.5 Å². The Hall–Kier alpha value is -2.24. The lowest BCUT2D eigenvalue weighted by atomic mass is 10.2. The SMILES string of the molecule is CSCc1nc(C(=O)N2CCN(c3nnc(-c4cccs4)s3)CC2)cc(=O)[nH]1. The van der Waals surface area contributed by atoms with Gasteiger partial charge in [-0.25, -0.2) is 4.98 Å². The molecule has 4 rings (SSSR count). The summed E-state index contributed by atoms with van der Waals surface area (Å²) >= 11 is 4.75. The summed E-state index contributed by atoms with van der Waals surface area (Å²) in [5, 5.41) is 12.4. The number of amides is 1. The molecule has 0 bridgehead atoms. The largest absolute Gasteiger partial charge is 0.343 e. The molecule has 1 amide bonds.